The number of amides is 1. The fourth-order valence-corrected chi connectivity index (χ4v) is 2.68. The molecular weight excluding hydrogens is 316 g/mol. The quantitative estimate of drug-likeness (QED) is 0.746. The molecule has 25 heavy (non-hydrogen) atoms. The molecule has 138 valence electrons. The molecule has 1 aromatic heterocycles. The maximum atomic E-state index is 11.8. The van der Waals surface area contributed by atoms with Gasteiger partial charge in [-0.25, -0.2) is 4.98 Å². The molecule has 1 aliphatic heterocycles. The van der Waals surface area contributed by atoms with Gasteiger partial charge in [0.1, 0.15) is 5.82 Å². The molecular formula is C18H30N6O. The van der Waals surface area contributed by atoms with Crippen molar-refractivity contribution in [2.75, 3.05) is 63.2 Å². The molecule has 1 aromatic rings. The van der Waals surface area contributed by atoms with Crippen LogP contribution in [0.15, 0.2) is 18.7 Å². The van der Waals surface area contributed by atoms with E-state index in [1.807, 2.05) is 19.0 Å². The molecule has 2 heterocycles. The van der Waals surface area contributed by atoms with Crippen molar-refractivity contribution in [3.05, 3.63) is 24.4 Å². The van der Waals surface area contributed by atoms with E-state index in [-0.39, 0.29) is 5.91 Å². The molecule has 0 radical (unpaired) electrons. The summed E-state index contributed by atoms with van der Waals surface area (Å²) in [4.78, 5) is 27.5. The van der Waals surface area contributed by atoms with Gasteiger partial charge in [-0.3, -0.25) is 9.69 Å². The Morgan fingerprint density at radius 3 is 2.56 bits per heavy atom. The number of hydrogen-bond donors (Lipinski definition) is 1. The van der Waals surface area contributed by atoms with Gasteiger partial charge in [0.05, 0.1) is 12.2 Å². The molecule has 1 fully saturated rings. The fraction of sp³-hybridized carbons (Fsp3) is 0.611. The largest absolute Gasteiger partial charge is 0.354 e. The Balaban J connectivity index is 2.00. The highest BCUT2D eigenvalue weighted by molar-refractivity contribution is 5.78. The van der Waals surface area contributed by atoms with Gasteiger partial charge in [0.25, 0.3) is 0 Å². The molecule has 0 saturated carbocycles. The molecule has 1 aliphatic rings. The lowest BCUT2D eigenvalue weighted by atomic mass is 10.1. The summed E-state index contributed by atoms with van der Waals surface area (Å²) >= 11 is 0. The first kappa shape index (κ1) is 19.2. The van der Waals surface area contributed by atoms with E-state index in [9.17, 15) is 4.79 Å². The van der Waals surface area contributed by atoms with Crippen LogP contribution < -0.4 is 15.1 Å². The van der Waals surface area contributed by atoms with Crippen LogP contribution in [0.1, 0.15) is 25.5 Å². The summed E-state index contributed by atoms with van der Waals surface area (Å²) in [5, 5.41) is 2.82. The van der Waals surface area contributed by atoms with Gasteiger partial charge in [0.15, 0.2) is 0 Å². The van der Waals surface area contributed by atoms with Crippen molar-refractivity contribution in [2.45, 2.75) is 19.8 Å². The second-order valence-corrected chi connectivity index (χ2v) is 6.86. The smallest absolute Gasteiger partial charge is 0.234 e. The lowest BCUT2D eigenvalue weighted by Crippen LogP contribution is -2.49. The number of piperazine rings is 1. The van der Waals surface area contributed by atoms with Crippen molar-refractivity contribution in [1.82, 2.24) is 20.2 Å². The standard InChI is InChI=1S/C18H30N6O/c1-6-7-19-17(25)13-23-8-10-24(11-9-23)16-12-15(14(2)3)20-18(21-16)22(4)5/h6,12,14H,1,7-11,13H2,2-5H3,(H,19,25). The summed E-state index contributed by atoms with van der Waals surface area (Å²) in [6.45, 7) is 12.3. The van der Waals surface area contributed by atoms with Crippen LogP contribution in [-0.4, -0.2) is 74.1 Å². The highest BCUT2D eigenvalue weighted by atomic mass is 16.2. The first-order valence-corrected chi connectivity index (χ1v) is 8.82. The molecule has 1 N–H and O–H groups in total. The van der Waals surface area contributed by atoms with Crippen molar-refractivity contribution in [2.24, 2.45) is 0 Å². The van der Waals surface area contributed by atoms with Crippen LogP contribution in [0.4, 0.5) is 11.8 Å². The monoisotopic (exact) mass is 346 g/mol. The van der Waals surface area contributed by atoms with E-state index in [2.05, 4.69) is 46.6 Å². The predicted octanol–water partition coefficient (Wildman–Crippen LogP) is 1.09. The van der Waals surface area contributed by atoms with Crippen molar-refractivity contribution < 1.29 is 4.79 Å². The highest BCUT2D eigenvalue weighted by Gasteiger charge is 2.21. The van der Waals surface area contributed by atoms with Gasteiger partial charge >= 0.3 is 0 Å². The zero-order valence-electron chi connectivity index (χ0n) is 15.8. The van der Waals surface area contributed by atoms with Crippen LogP contribution in [-0.2, 0) is 4.79 Å². The van der Waals surface area contributed by atoms with Crippen LogP contribution >= 0.6 is 0 Å². The van der Waals surface area contributed by atoms with E-state index < -0.39 is 0 Å². The third-order valence-electron chi connectivity index (χ3n) is 4.22. The van der Waals surface area contributed by atoms with Gasteiger partial charge in [-0.15, -0.1) is 6.58 Å². The van der Waals surface area contributed by atoms with Crippen LogP contribution in [0, 0.1) is 0 Å². The normalized spacial score (nSPS) is 15.3. The Morgan fingerprint density at radius 1 is 1.32 bits per heavy atom. The number of anilines is 2. The maximum Gasteiger partial charge on any atom is 0.234 e. The average Bonchev–Trinajstić information content (AvgIpc) is 2.60. The van der Waals surface area contributed by atoms with E-state index in [1.165, 1.54) is 0 Å². The number of carbonyl (C=O) groups excluding carboxylic acids is 1. The summed E-state index contributed by atoms with van der Waals surface area (Å²) < 4.78 is 0. The predicted molar refractivity (Wildman–Crippen MR) is 102 cm³/mol. The number of hydrogen-bond acceptors (Lipinski definition) is 6. The summed E-state index contributed by atoms with van der Waals surface area (Å²) in [6.07, 6.45) is 1.69. The Bertz CT molecular complexity index is 567. The van der Waals surface area contributed by atoms with E-state index in [0.29, 0.717) is 19.0 Å². The van der Waals surface area contributed by atoms with Crippen molar-refractivity contribution in [1.29, 1.82) is 0 Å². The second kappa shape index (κ2) is 8.80. The van der Waals surface area contributed by atoms with Gasteiger partial charge in [0, 0.05) is 52.9 Å². The fourth-order valence-electron chi connectivity index (χ4n) is 2.68. The van der Waals surface area contributed by atoms with Crippen LogP contribution in [0.25, 0.3) is 0 Å². The van der Waals surface area contributed by atoms with Gasteiger partial charge in [-0.05, 0) is 5.92 Å². The Labute approximate surface area is 150 Å². The molecule has 0 spiro atoms. The second-order valence-electron chi connectivity index (χ2n) is 6.86. The minimum atomic E-state index is 0.0485. The van der Waals surface area contributed by atoms with Crippen LogP contribution in [0.5, 0.6) is 0 Å². The first-order valence-electron chi connectivity index (χ1n) is 8.82. The third kappa shape index (κ3) is 5.42. The zero-order valence-corrected chi connectivity index (χ0v) is 15.8. The number of nitrogens with zero attached hydrogens (tertiary/aromatic N) is 5. The first-order chi connectivity index (χ1) is 11.9. The minimum Gasteiger partial charge on any atom is -0.354 e. The SMILES string of the molecule is C=CCNC(=O)CN1CCN(c2cc(C(C)C)nc(N(C)C)n2)CC1. The maximum absolute atomic E-state index is 11.8. The average molecular weight is 346 g/mol. The van der Waals surface area contributed by atoms with Crippen molar-refractivity contribution >= 4 is 17.7 Å². The van der Waals surface area contributed by atoms with Gasteiger partial charge < -0.3 is 15.1 Å². The molecule has 1 amide bonds. The Morgan fingerprint density at radius 2 is 2.00 bits per heavy atom. The molecule has 7 nitrogen and oxygen atoms in total. The topological polar surface area (TPSA) is 64.6 Å². The third-order valence-corrected chi connectivity index (χ3v) is 4.22. The summed E-state index contributed by atoms with van der Waals surface area (Å²) in [5.74, 6) is 2.12. The van der Waals surface area contributed by atoms with E-state index in [1.54, 1.807) is 6.08 Å². The number of aromatic nitrogens is 2. The van der Waals surface area contributed by atoms with E-state index in [4.69, 9.17) is 4.98 Å². The number of rotatable bonds is 7. The molecule has 0 bridgehead atoms. The van der Waals surface area contributed by atoms with Crippen molar-refractivity contribution in [3.63, 3.8) is 0 Å². The lowest BCUT2D eigenvalue weighted by molar-refractivity contribution is -0.122. The number of nitrogens with one attached hydrogen (secondary N) is 1. The molecule has 2 rings (SSSR count). The molecule has 0 atom stereocenters. The minimum absolute atomic E-state index is 0.0485. The Hall–Kier alpha value is -2.15. The van der Waals surface area contributed by atoms with Gasteiger partial charge in [-0.2, -0.15) is 4.98 Å². The zero-order chi connectivity index (χ0) is 18.4. The lowest BCUT2D eigenvalue weighted by Gasteiger charge is -2.35. The molecule has 7 heteroatoms. The van der Waals surface area contributed by atoms with Crippen LogP contribution in [0.3, 0.4) is 0 Å². The molecule has 1 saturated heterocycles. The summed E-state index contributed by atoms with van der Waals surface area (Å²) in [6, 6.07) is 2.09. The van der Waals surface area contributed by atoms with Crippen molar-refractivity contribution in [3.8, 4) is 0 Å². The highest BCUT2D eigenvalue weighted by Crippen LogP contribution is 2.22. The number of carbonyl (C=O) groups is 1. The Kier molecular flexibility index (Phi) is 6.75. The van der Waals surface area contributed by atoms with E-state index >= 15 is 0 Å². The summed E-state index contributed by atoms with van der Waals surface area (Å²) in [5.41, 5.74) is 1.06. The van der Waals surface area contributed by atoms with E-state index in [0.717, 1.165) is 43.6 Å². The van der Waals surface area contributed by atoms with Gasteiger partial charge in [-0.1, -0.05) is 19.9 Å². The summed E-state index contributed by atoms with van der Waals surface area (Å²) in [7, 11) is 3.92. The van der Waals surface area contributed by atoms with Crippen LogP contribution in [0.2, 0.25) is 0 Å². The van der Waals surface area contributed by atoms with Gasteiger partial charge in [0.2, 0.25) is 11.9 Å². The molecule has 0 aromatic carbocycles. The molecule has 0 aliphatic carbocycles. The molecule has 0 unspecified atom stereocenters.